The van der Waals surface area contributed by atoms with Crippen LogP contribution in [0.5, 0.6) is 0 Å². The maximum absolute atomic E-state index is 11.7. The number of rotatable bonds is 5. The summed E-state index contributed by atoms with van der Waals surface area (Å²) in [5.41, 5.74) is 3.74. The van der Waals surface area contributed by atoms with Crippen molar-refractivity contribution in [2.75, 3.05) is 18.1 Å². The van der Waals surface area contributed by atoms with Crippen LogP contribution in [0.3, 0.4) is 0 Å². The van der Waals surface area contributed by atoms with E-state index < -0.39 is 9.84 Å². The zero-order valence-corrected chi connectivity index (χ0v) is 13.1. The summed E-state index contributed by atoms with van der Waals surface area (Å²) in [6, 6.07) is 6.62. The number of hydrogen-bond acceptors (Lipinski definition) is 3. The van der Waals surface area contributed by atoms with Gasteiger partial charge in [0.05, 0.1) is 11.5 Å². The van der Waals surface area contributed by atoms with Gasteiger partial charge in [-0.05, 0) is 25.8 Å². The first-order valence-corrected chi connectivity index (χ1v) is 8.84. The fourth-order valence-corrected chi connectivity index (χ4v) is 4.73. The van der Waals surface area contributed by atoms with Gasteiger partial charge >= 0.3 is 0 Å². The molecular formula is C16H23NO2S. The van der Waals surface area contributed by atoms with Crippen LogP contribution in [0.2, 0.25) is 0 Å². The van der Waals surface area contributed by atoms with Gasteiger partial charge < -0.3 is 0 Å². The molecule has 1 aliphatic rings. The molecule has 3 nitrogen and oxygen atoms in total. The minimum absolute atomic E-state index is 0.124. The molecule has 1 atom stereocenters. The Hall–Kier alpha value is -1.13. The molecule has 1 aliphatic heterocycles. The Bertz CT molecular complexity index is 572. The van der Waals surface area contributed by atoms with Gasteiger partial charge in [-0.25, -0.2) is 8.42 Å². The molecule has 1 aromatic carbocycles. The van der Waals surface area contributed by atoms with Gasteiger partial charge in [-0.15, -0.1) is 6.58 Å². The molecule has 110 valence electrons. The maximum Gasteiger partial charge on any atom is 0.151 e. The van der Waals surface area contributed by atoms with Crippen LogP contribution >= 0.6 is 0 Å². The molecule has 0 bridgehead atoms. The summed E-state index contributed by atoms with van der Waals surface area (Å²) < 4.78 is 23.3. The van der Waals surface area contributed by atoms with E-state index >= 15 is 0 Å². The molecule has 0 aliphatic carbocycles. The van der Waals surface area contributed by atoms with Gasteiger partial charge in [0.2, 0.25) is 0 Å². The molecule has 1 aromatic rings. The van der Waals surface area contributed by atoms with Crippen LogP contribution in [0.1, 0.15) is 23.1 Å². The number of benzene rings is 1. The molecule has 2 rings (SSSR count). The number of hydrogen-bond donors (Lipinski definition) is 0. The summed E-state index contributed by atoms with van der Waals surface area (Å²) in [4.78, 5) is 2.23. The highest BCUT2D eigenvalue weighted by Crippen LogP contribution is 2.20. The lowest BCUT2D eigenvalue weighted by atomic mass is 10.1. The summed E-state index contributed by atoms with van der Waals surface area (Å²) in [7, 11) is -2.84. The van der Waals surface area contributed by atoms with Crippen LogP contribution in [-0.4, -0.2) is 37.4 Å². The van der Waals surface area contributed by atoms with Crippen molar-refractivity contribution in [3.63, 3.8) is 0 Å². The van der Waals surface area contributed by atoms with Gasteiger partial charge in [0, 0.05) is 19.1 Å². The smallest absolute Gasteiger partial charge is 0.151 e. The predicted molar refractivity (Wildman–Crippen MR) is 83.6 cm³/mol. The first kappa shape index (κ1) is 15.3. The summed E-state index contributed by atoms with van der Waals surface area (Å²) in [5, 5.41) is 0. The standard InChI is InChI=1S/C16H23NO2S/c1-4-6-17(16-5-7-20(18,19)12-16)11-15-9-13(2)8-14(3)10-15/h4,8-10,16H,1,5-7,11-12H2,2-3H3. The Balaban J connectivity index is 2.15. The maximum atomic E-state index is 11.7. The van der Waals surface area contributed by atoms with Crippen molar-refractivity contribution in [1.82, 2.24) is 4.90 Å². The third-order valence-corrected chi connectivity index (χ3v) is 5.51. The van der Waals surface area contributed by atoms with Crippen LogP contribution in [-0.2, 0) is 16.4 Å². The van der Waals surface area contributed by atoms with Gasteiger partial charge in [-0.2, -0.15) is 0 Å². The third-order valence-electron chi connectivity index (χ3n) is 3.76. The molecule has 1 saturated heterocycles. The molecule has 0 spiro atoms. The van der Waals surface area contributed by atoms with Crippen LogP contribution in [0.15, 0.2) is 30.9 Å². The molecule has 0 radical (unpaired) electrons. The molecule has 1 fully saturated rings. The van der Waals surface area contributed by atoms with E-state index in [1.165, 1.54) is 16.7 Å². The molecule has 0 saturated carbocycles. The Kier molecular flexibility index (Phi) is 4.66. The van der Waals surface area contributed by atoms with Crippen LogP contribution < -0.4 is 0 Å². The van der Waals surface area contributed by atoms with E-state index in [2.05, 4.69) is 43.5 Å². The zero-order chi connectivity index (χ0) is 14.8. The second-order valence-corrected chi connectivity index (χ2v) is 8.00. The minimum atomic E-state index is -2.84. The fourth-order valence-electron chi connectivity index (χ4n) is 2.97. The van der Waals surface area contributed by atoms with E-state index in [9.17, 15) is 8.42 Å². The van der Waals surface area contributed by atoms with Crippen molar-refractivity contribution in [1.29, 1.82) is 0 Å². The van der Waals surface area contributed by atoms with Crippen molar-refractivity contribution >= 4 is 9.84 Å². The van der Waals surface area contributed by atoms with Gasteiger partial charge in [-0.1, -0.05) is 35.4 Å². The molecule has 1 unspecified atom stereocenters. The minimum Gasteiger partial charge on any atom is -0.291 e. The lowest BCUT2D eigenvalue weighted by molar-refractivity contribution is 0.226. The van der Waals surface area contributed by atoms with Crippen LogP contribution in [0, 0.1) is 13.8 Å². The topological polar surface area (TPSA) is 37.4 Å². The summed E-state index contributed by atoms with van der Waals surface area (Å²) >= 11 is 0. The molecular weight excluding hydrogens is 270 g/mol. The normalized spacial score (nSPS) is 21.2. The van der Waals surface area contributed by atoms with E-state index in [4.69, 9.17) is 0 Å². The third kappa shape index (κ3) is 3.93. The highest BCUT2D eigenvalue weighted by molar-refractivity contribution is 7.91. The summed E-state index contributed by atoms with van der Waals surface area (Å²) in [5.74, 6) is 0.601. The number of aryl methyl sites for hydroxylation is 2. The van der Waals surface area contributed by atoms with Gasteiger partial charge in [0.25, 0.3) is 0 Å². The van der Waals surface area contributed by atoms with Gasteiger partial charge in [-0.3, -0.25) is 4.90 Å². The van der Waals surface area contributed by atoms with E-state index in [1.54, 1.807) is 0 Å². The molecule has 4 heteroatoms. The zero-order valence-electron chi connectivity index (χ0n) is 12.3. The Morgan fingerprint density at radius 2 is 1.95 bits per heavy atom. The van der Waals surface area contributed by atoms with Crippen LogP contribution in [0.25, 0.3) is 0 Å². The van der Waals surface area contributed by atoms with Gasteiger partial charge in [0.1, 0.15) is 0 Å². The average molecular weight is 293 g/mol. The highest BCUT2D eigenvalue weighted by Gasteiger charge is 2.31. The summed E-state index contributed by atoms with van der Waals surface area (Å²) in [6.45, 7) is 9.49. The van der Waals surface area contributed by atoms with E-state index in [-0.39, 0.29) is 11.8 Å². The lowest BCUT2D eigenvalue weighted by Crippen LogP contribution is -2.35. The first-order valence-electron chi connectivity index (χ1n) is 7.02. The van der Waals surface area contributed by atoms with Crippen molar-refractivity contribution in [3.05, 3.63) is 47.5 Å². The average Bonchev–Trinajstić information content (AvgIpc) is 2.68. The van der Waals surface area contributed by atoms with E-state index in [1.807, 2.05) is 6.08 Å². The molecule has 0 N–H and O–H groups in total. The fraction of sp³-hybridized carbons (Fsp3) is 0.500. The first-order chi connectivity index (χ1) is 9.39. The van der Waals surface area contributed by atoms with E-state index in [0.29, 0.717) is 5.75 Å². The van der Waals surface area contributed by atoms with E-state index in [0.717, 1.165) is 19.5 Å². The number of nitrogens with zero attached hydrogens (tertiary/aromatic N) is 1. The van der Waals surface area contributed by atoms with Crippen molar-refractivity contribution in [2.45, 2.75) is 32.9 Å². The van der Waals surface area contributed by atoms with Crippen molar-refractivity contribution in [2.24, 2.45) is 0 Å². The number of sulfone groups is 1. The SMILES string of the molecule is C=CCN(Cc1cc(C)cc(C)c1)C1CCS(=O)(=O)C1. The predicted octanol–water partition coefficient (Wildman–Crippen LogP) is 2.48. The Morgan fingerprint density at radius 1 is 1.30 bits per heavy atom. The Morgan fingerprint density at radius 3 is 2.45 bits per heavy atom. The van der Waals surface area contributed by atoms with Crippen LogP contribution in [0.4, 0.5) is 0 Å². The lowest BCUT2D eigenvalue weighted by Gasteiger charge is -2.27. The largest absolute Gasteiger partial charge is 0.291 e. The second-order valence-electron chi connectivity index (χ2n) is 5.77. The molecule has 0 aromatic heterocycles. The Labute approximate surface area is 122 Å². The highest BCUT2D eigenvalue weighted by atomic mass is 32.2. The molecule has 20 heavy (non-hydrogen) atoms. The van der Waals surface area contributed by atoms with Crippen molar-refractivity contribution in [3.8, 4) is 0 Å². The molecule has 0 amide bonds. The van der Waals surface area contributed by atoms with Crippen molar-refractivity contribution < 1.29 is 8.42 Å². The quantitative estimate of drug-likeness (QED) is 0.783. The molecule has 1 heterocycles. The summed E-state index contributed by atoms with van der Waals surface area (Å²) in [6.07, 6.45) is 2.59. The monoisotopic (exact) mass is 293 g/mol. The second kappa shape index (κ2) is 6.10. The van der Waals surface area contributed by atoms with Gasteiger partial charge in [0.15, 0.2) is 9.84 Å².